The van der Waals surface area contributed by atoms with E-state index in [9.17, 15) is 13.2 Å². The molecule has 19 heavy (non-hydrogen) atoms. The molecule has 0 saturated heterocycles. The zero-order chi connectivity index (χ0) is 13.7. The summed E-state index contributed by atoms with van der Waals surface area (Å²) in [5.41, 5.74) is -3.78. The predicted molar refractivity (Wildman–Crippen MR) is 71.8 cm³/mol. The third kappa shape index (κ3) is 4.83. The van der Waals surface area contributed by atoms with Gasteiger partial charge < -0.3 is 0 Å². The number of halogens is 3. The smallest absolute Gasteiger partial charge is 0.160 e. The van der Waals surface area contributed by atoms with Crippen LogP contribution in [-0.2, 0) is 0 Å². The van der Waals surface area contributed by atoms with Crippen molar-refractivity contribution in [3.05, 3.63) is 29.8 Å². The van der Waals surface area contributed by atoms with Crippen molar-refractivity contribution >= 4 is 11.8 Å². The van der Waals surface area contributed by atoms with E-state index < -0.39 is 5.51 Å². The summed E-state index contributed by atoms with van der Waals surface area (Å²) in [5, 5.41) is 0. The van der Waals surface area contributed by atoms with Gasteiger partial charge in [-0.15, -0.1) is 0 Å². The zero-order valence-corrected chi connectivity index (χ0v) is 11.3. The van der Waals surface area contributed by atoms with E-state index in [2.05, 4.69) is 11.8 Å². The Labute approximate surface area is 115 Å². The van der Waals surface area contributed by atoms with Crippen LogP contribution in [0.1, 0.15) is 37.7 Å². The van der Waals surface area contributed by atoms with E-state index in [1.165, 1.54) is 25.3 Å². The van der Waals surface area contributed by atoms with Gasteiger partial charge in [-0.2, -0.15) is 13.2 Å². The molecule has 2 rings (SSSR count). The first-order valence-corrected chi connectivity index (χ1v) is 7.22. The highest BCUT2D eigenvalue weighted by Crippen LogP contribution is 2.38. The number of rotatable bonds is 1. The third-order valence-electron chi connectivity index (χ3n) is 3.13. The predicted octanol–water partition coefficient (Wildman–Crippen LogP) is 5.23. The molecular weight excluding hydrogens is 269 g/mol. The summed E-state index contributed by atoms with van der Waals surface area (Å²) in [6.07, 6.45) is 5.75. The van der Waals surface area contributed by atoms with Gasteiger partial charge in [0, 0.05) is 16.4 Å². The number of thioether (sulfide) groups is 1. The van der Waals surface area contributed by atoms with Crippen molar-refractivity contribution in [1.29, 1.82) is 0 Å². The van der Waals surface area contributed by atoms with Gasteiger partial charge in [0.2, 0.25) is 0 Å². The van der Waals surface area contributed by atoms with Crippen LogP contribution in [-0.4, -0.2) is 5.51 Å². The van der Waals surface area contributed by atoms with Crippen LogP contribution >= 0.6 is 11.8 Å². The number of hydrogen-bond donors (Lipinski definition) is 0. The third-order valence-corrected chi connectivity index (χ3v) is 3.94. The van der Waals surface area contributed by atoms with E-state index in [-0.39, 0.29) is 16.7 Å². The molecule has 0 nitrogen and oxygen atoms in total. The Balaban J connectivity index is 2.13. The monoisotopic (exact) mass is 284 g/mol. The molecule has 1 fully saturated rings. The molecule has 0 amide bonds. The van der Waals surface area contributed by atoms with Crippen LogP contribution in [0, 0.1) is 17.8 Å². The second-order valence-electron chi connectivity index (χ2n) is 4.65. The molecule has 102 valence electrons. The Bertz CT molecular complexity index is 476. The van der Waals surface area contributed by atoms with Crippen LogP contribution in [0.3, 0.4) is 0 Å². The Morgan fingerprint density at radius 3 is 2.42 bits per heavy atom. The molecule has 4 heteroatoms. The van der Waals surface area contributed by atoms with E-state index in [1.54, 1.807) is 18.2 Å². The number of alkyl halides is 3. The van der Waals surface area contributed by atoms with Crippen molar-refractivity contribution in [2.45, 2.75) is 42.5 Å². The van der Waals surface area contributed by atoms with E-state index in [4.69, 9.17) is 0 Å². The Kier molecular flexibility index (Phi) is 4.81. The molecule has 1 aliphatic carbocycles. The Morgan fingerprint density at radius 2 is 1.74 bits per heavy atom. The molecular formula is C15H15F3S. The highest BCUT2D eigenvalue weighted by molar-refractivity contribution is 8.00. The molecule has 1 aliphatic rings. The van der Waals surface area contributed by atoms with Gasteiger partial charge in [-0.25, -0.2) is 0 Å². The first-order valence-electron chi connectivity index (χ1n) is 6.41. The minimum atomic E-state index is -4.26. The van der Waals surface area contributed by atoms with Crippen molar-refractivity contribution in [3.8, 4) is 11.8 Å². The van der Waals surface area contributed by atoms with Crippen molar-refractivity contribution in [1.82, 2.24) is 0 Å². The van der Waals surface area contributed by atoms with Crippen LogP contribution in [0.5, 0.6) is 0 Å². The lowest BCUT2D eigenvalue weighted by molar-refractivity contribution is -0.0328. The zero-order valence-electron chi connectivity index (χ0n) is 10.5. The maximum absolute atomic E-state index is 12.4. The summed E-state index contributed by atoms with van der Waals surface area (Å²) < 4.78 is 37.3. The molecule has 1 aromatic carbocycles. The first kappa shape index (κ1) is 14.3. The van der Waals surface area contributed by atoms with Gasteiger partial charge in [-0.3, -0.25) is 0 Å². The van der Waals surface area contributed by atoms with Crippen molar-refractivity contribution in [2.24, 2.45) is 5.92 Å². The number of benzene rings is 1. The lowest BCUT2D eigenvalue weighted by atomic mass is 9.90. The summed E-state index contributed by atoms with van der Waals surface area (Å²) in [7, 11) is 0. The average Bonchev–Trinajstić information content (AvgIpc) is 2.37. The van der Waals surface area contributed by atoms with Gasteiger partial charge in [-0.1, -0.05) is 43.2 Å². The SMILES string of the molecule is FC(F)(F)Sc1ccccc1C#CC1CCCCC1. The van der Waals surface area contributed by atoms with E-state index in [1.807, 2.05) is 0 Å². The molecule has 0 aliphatic heterocycles. The van der Waals surface area contributed by atoms with Gasteiger partial charge in [0.05, 0.1) is 0 Å². The van der Waals surface area contributed by atoms with Crippen molar-refractivity contribution in [3.63, 3.8) is 0 Å². The van der Waals surface area contributed by atoms with Crippen LogP contribution in [0.4, 0.5) is 13.2 Å². The normalized spacial score (nSPS) is 16.8. The van der Waals surface area contributed by atoms with E-state index in [0.29, 0.717) is 11.5 Å². The van der Waals surface area contributed by atoms with Gasteiger partial charge in [0.15, 0.2) is 0 Å². The van der Waals surface area contributed by atoms with Gasteiger partial charge in [-0.05, 0) is 36.7 Å². The van der Waals surface area contributed by atoms with Gasteiger partial charge in [0.1, 0.15) is 0 Å². The van der Waals surface area contributed by atoms with Gasteiger partial charge in [0.25, 0.3) is 0 Å². The number of hydrogen-bond acceptors (Lipinski definition) is 1. The molecule has 0 bridgehead atoms. The fraction of sp³-hybridized carbons (Fsp3) is 0.467. The van der Waals surface area contributed by atoms with Crippen LogP contribution < -0.4 is 0 Å². The molecule has 1 aromatic rings. The molecule has 0 aromatic heterocycles. The van der Waals surface area contributed by atoms with Gasteiger partial charge >= 0.3 is 5.51 Å². The summed E-state index contributed by atoms with van der Waals surface area (Å²) in [6.45, 7) is 0. The summed E-state index contributed by atoms with van der Waals surface area (Å²) >= 11 is -0.0885. The molecule has 0 atom stereocenters. The molecule has 0 heterocycles. The second-order valence-corrected chi connectivity index (χ2v) is 5.76. The molecule has 1 saturated carbocycles. The lowest BCUT2D eigenvalue weighted by Crippen LogP contribution is -2.03. The topological polar surface area (TPSA) is 0 Å². The average molecular weight is 284 g/mol. The molecule has 0 N–H and O–H groups in total. The van der Waals surface area contributed by atoms with Crippen molar-refractivity contribution in [2.75, 3.05) is 0 Å². The van der Waals surface area contributed by atoms with Crippen molar-refractivity contribution < 1.29 is 13.2 Å². The lowest BCUT2D eigenvalue weighted by Gasteiger charge is -2.15. The minimum absolute atomic E-state index is 0.0885. The summed E-state index contributed by atoms with van der Waals surface area (Å²) in [6, 6.07) is 6.47. The summed E-state index contributed by atoms with van der Waals surface area (Å²) in [5.74, 6) is 6.41. The van der Waals surface area contributed by atoms with E-state index >= 15 is 0 Å². The standard InChI is InChI=1S/C15H15F3S/c16-15(17,18)19-14-9-5-4-8-13(14)11-10-12-6-2-1-3-7-12/h4-5,8-9,12H,1-3,6-7H2. The van der Waals surface area contributed by atoms with Crippen LogP contribution in [0.25, 0.3) is 0 Å². The summed E-state index contributed by atoms with van der Waals surface area (Å²) in [4.78, 5) is 0.193. The van der Waals surface area contributed by atoms with Crippen LogP contribution in [0.2, 0.25) is 0 Å². The minimum Gasteiger partial charge on any atom is -0.160 e. The highest BCUT2D eigenvalue weighted by atomic mass is 32.2. The second kappa shape index (κ2) is 6.38. The fourth-order valence-electron chi connectivity index (χ4n) is 2.21. The quantitative estimate of drug-likeness (QED) is 0.502. The fourth-order valence-corrected chi connectivity index (χ4v) is 2.84. The highest BCUT2D eigenvalue weighted by Gasteiger charge is 2.30. The molecule has 0 unspecified atom stereocenters. The molecule has 0 spiro atoms. The maximum atomic E-state index is 12.4. The van der Waals surface area contributed by atoms with Crippen LogP contribution in [0.15, 0.2) is 29.2 Å². The Morgan fingerprint density at radius 1 is 1.05 bits per heavy atom. The Hall–Kier alpha value is -1.08. The first-order chi connectivity index (χ1) is 9.04. The molecule has 0 radical (unpaired) electrons. The maximum Gasteiger partial charge on any atom is 0.446 e. The van der Waals surface area contributed by atoms with E-state index in [0.717, 1.165) is 12.8 Å². The largest absolute Gasteiger partial charge is 0.446 e.